The van der Waals surface area contributed by atoms with Crippen LogP contribution in [0.15, 0.2) is 22.7 Å². The van der Waals surface area contributed by atoms with E-state index in [0.717, 1.165) is 11.0 Å². The highest BCUT2D eigenvalue weighted by molar-refractivity contribution is 9.10. The van der Waals surface area contributed by atoms with Crippen LogP contribution in [-0.4, -0.2) is 26.0 Å². The number of piperazine rings is 1. The fourth-order valence-electron chi connectivity index (χ4n) is 1.88. The standard InChI is InChI=1S/C11H12BrF3N2O/c12-7-1-2-10(18-11(13,14)15)8(5-7)9-6-16-3-4-17-9/h1-2,5,9,16-17H,3-4,6H2/t9-/m0/s1. The van der Waals surface area contributed by atoms with Gasteiger partial charge in [-0.05, 0) is 18.2 Å². The molecule has 0 amide bonds. The molecule has 7 heteroatoms. The van der Waals surface area contributed by atoms with E-state index in [9.17, 15) is 13.2 Å². The Morgan fingerprint density at radius 2 is 2.06 bits per heavy atom. The number of halogens is 4. The highest BCUT2D eigenvalue weighted by atomic mass is 79.9. The largest absolute Gasteiger partial charge is 0.573 e. The number of hydrogen-bond acceptors (Lipinski definition) is 3. The molecule has 0 aliphatic carbocycles. The highest BCUT2D eigenvalue weighted by Crippen LogP contribution is 2.32. The molecule has 2 rings (SSSR count). The first-order valence-corrected chi connectivity index (χ1v) is 6.24. The van der Waals surface area contributed by atoms with E-state index in [4.69, 9.17) is 0 Å². The van der Waals surface area contributed by atoms with E-state index in [1.807, 2.05) is 0 Å². The van der Waals surface area contributed by atoms with Crippen LogP contribution in [0.1, 0.15) is 11.6 Å². The summed E-state index contributed by atoms with van der Waals surface area (Å²) < 4.78 is 41.7. The van der Waals surface area contributed by atoms with Crippen LogP contribution in [0.3, 0.4) is 0 Å². The Bertz CT molecular complexity index is 419. The topological polar surface area (TPSA) is 33.3 Å². The number of nitrogens with one attached hydrogen (secondary N) is 2. The van der Waals surface area contributed by atoms with Crippen molar-refractivity contribution in [3.8, 4) is 5.75 Å². The van der Waals surface area contributed by atoms with Crippen LogP contribution in [0.2, 0.25) is 0 Å². The zero-order chi connectivity index (χ0) is 13.2. The molecular weight excluding hydrogens is 313 g/mol. The number of benzene rings is 1. The summed E-state index contributed by atoms with van der Waals surface area (Å²) in [6.07, 6.45) is -4.68. The monoisotopic (exact) mass is 324 g/mol. The maximum atomic E-state index is 12.3. The molecule has 0 spiro atoms. The average molecular weight is 325 g/mol. The van der Waals surface area contributed by atoms with E-state index in [-0.39, 0.29) is 11.8 Å². The summed E-state index contributed by atoms with van der Waals surface area (Å²) in [6.45, 7) is 2.09. The smallest absolute Gasteiger partial charge is 0.405 e. The van der Waals surface area contributed by atoms with E-state index in [1.165, 1.54) is 12.1 Å². The molecule has 18 heavy (non-hydrogen) atoms. The van der Waals surface area contributed by atoms with Gasteiger partial charge in [-0.2, -0.15) is 0 Å². The first-order valence-electron chi connectivity index (χ1n) is 5.45. The minimum Gasteiger partial charge on any atom is -0.405 e. The van der Waals surface area contributed by atoms with Crippen LogP contribution >= 0.6 is 15.9 Å². The molecule has 100 valence electrons. The van der Waals surface area contributed by atoms with E-state index in [0.29, 0.717) is 18.7 Å². The Hall–Kier alpha value is -0.790. The Morgan fingerprint density at radius 3 is 2.67 bits per heavy atom. The lowest BCUT2D eigenvalue weighted by Gasteiger charge is -2.26. The number of ether oxygens (including phenoxy) is 1. The van der Waals surface area contributed by atoms with Gasteiger partial charge in [-0.25, -0.2) is 0 Å². The zero-order valence-corrected chi connectivity index (χ0v) is 10.9. The quantitative estimate of drug-likeness (QED) is 0.877. The lowest BCUT2D eigenvalue weighted by Crippen LogP contribution is -2.42. The van der Waals surface area contributed by atoms with Crippen molar-refractivity contribution in [2.45, 2.75) is 12.4 Å². The molecule has 1 saturated heterocycles. The predicted octanol–water partition coefficient (Wildman–Crippen LogP) is 2.58. The van der Waals surface area contributed by atoms with Crippen molar-refractivity contribution in [3.05, 3.63) is 28.2 Å². The number of hydrogen-bond donors (Lipinski definition) is 2. The summed E-state index contributed by atoms with van der Waals surface area (Å²) in [7, 11) is 0. The van der Waals surface area contributed by atoms with Gasteiger partial charge in [0.25, 0.3) is 0 Å². The molecule has 1 aromatic carbocycles. The SMILES string of the molecule is FC(F)(F)Oc1ccc(Br)cc1[C@@H]1CNCCN1. The third-order valence-corrected chi connectivity index (χ3v) is 3.11. The predicted molar refractivity (Wildman–Crippen MR) is 64.4 cm³/mol. The maximum absolute atomic E-state index is 12.3. The van der Waals surface area contributed by atoms with Gasteiger partial charge < -0.3 is 15.4 Å². The van der Waals surface area contributed by atoms with Gasteiger partial charge in [-0.3, -0.25) is 0 Å². The van der Waals surface area contributed by atoms with Crippen molar-refractivity contribution in [1.82, 2.24) is 10.6 Å². The van der Waals surface area contributed by atoms with E-state index in [1.54, 1.807) is 6.07 Å². The molecule has 1 heterocycles. The second-order valence-electron chi connectivity index (χ2n) is 3.94. The first kappa shape index (κ1) is 13.6. The molecule has 0 aromatic heterocycles. The van der Waals surface area contributed by atoms with Gasteiger partial charge in [0.1, 0.15) is 5.75 Å². The lowest BCUT2D eigenvalue weighted by atomic mass is 10.0. The van der Waals surface area contributed by atoms with Crippen molar-refractivity contribution >= 4 is 15.9 Å². The van der Waals surface area contributed by atoms with Gasteiger partial charge in [0.2, 0.25) is 0 Å². The molecule has 2 N–H and O–H groups in total. The number of alkyl halides is 3. The van der Waals surface area contributed by atoms with Crippen molar-refractivity contribution in [2.75, 3.05) is 19.6 Å². The minimum absolute atomic E-state index is 0.160. The van der Waals surface area contributed by atoms with Crippen molar-refractivity contribution in [2.24, 2.45) is 0 Å². The molecule has 1 fully saturated rings. The fourth-order valence-corrected chi connectivity index (χ4v) is 2.26. The number of rotatable bonds is 2. The van der Waals surface area contributed by atoms with Gasteiger partial charge in [0.05, 0.1) is 0 Å². The van der Waals surface area contributed by atoms with E-state index >= 15 is 0 Å². The summed E-state index contributed by atoms with van der Waals surface area (Å²) in [5, 5.41) is 6.29. The fraction of sp³-hybridized carbons (Fsp3) is 0.455. The summed E-state index contributed by atoms with van der Waals surface area (Å²) in [6, 6.07) is 4.31. The zero-order valence-electron chi connectivity index (χ0n) is 9.35. The molecule has 0 unspecified atom stereocenters. The van der Waals surface area contributed by atoms with Gasteiger partial charge in [-0.15, -0.1) is 13.2 Å². The molecule has 1 aromatic rings. The Kier molecular flexibility index (Phi) is 4.14. The summed E-state index contributed by atoms with van der Waals surface area (Å²) in [5.74, 6) is -0.160. The molecule has 1 aliphatic heterocycles. The third kappa shape index (κ3) is 3.60. The van der Waals surface area contributed by atoms with Crippen LogP contribution in [0, 0.1) is 0 Å². The Morgan fingerprint density at radius 1 is 1.28 bits per heavy atom. The van der Waals surface area contributed by atoms with Gasteiger partial charge in [0.15, 0.2) is 0 Å². The Balaban J connectivity index is 2.28. The van der Waals surface area contributed by atoms with E-state index < -0.39 is 6.36 Å². The van der Waals surface area contributed by atoms with Crippen molar-refractivity contribution < 1.29 is 17.9 Å². The molecule has 1 atom stereocenters. The van der Waals surface area contributed by atoms with Crippen LogP contribution < -0.4 is 15.4 Å². The third-order valence-electron chi connectivity index (χ3n) is 2.61. The van der Waals surface area contributed by atoms with Gasteiger partial charge >= 0.3 is 6.36 Å². The van der Waals surface area contributed by atoms with Crippen LogP contribution in [-0.2, 0) is 0 Å². The average Bonchev–Trinajstić information content (AvgIpc) is 2.31. The van der Waals surface area contributed by atoms with Crippen LogP contribution in [0.25, 0.3) is 0 Å². The Labute approximate surface area is 111 Å². The molecule has 1 aliphatic rings. The minimum atomic E-state index is -4.68. The second-order valence-corrected chi connectivity index (χ2v) is 4.86. The molecular formula is C11H12BrF3N2O. The van der Waals surface area contributed by atoms with Crippen molar-refractivity contribution in [1.29, 1.82) is 0 Å². The first-order chi connectivity index (χ1) is 8.46. The van der Waals surface area contributed by atoms with Crippen molar-refractivity contribution in [3.63, 3.8) is 0 Å². The highest BCUT2D eigenvalue weighted by Gasteiger charge is 2.33. The molecule has 0 radical (unpaired) electrons. The lowest BCUT2D eigenvalue weighted by molar-refractivity contribution is -0.275. The normalized spacial score (nSPS) is 20.8. The van der Waals surface area contributed by atoms with Gasteiger partial charge in [-0.1, -0.05) is 15.9 Å². The summed E-state index contributed by atoms with van der Waals surface area (Å²) in [4.78, 5) is 0. The molecule has 0 saturated carbocycles. The summed E-state index contributed by atoms with van der Waals surface area (Å²) >= 11 is 3.26. The molecule has 0 bridgehead atoms. The molecule has 3 nitrogen and oxygen atoms in total. The van der Waals surface area contributed by atoms with Gasteiger partial charge in [0, 0.05) is 35.7 Å². The van der Waals surface area contributed by atoms with Crippen LogP contribution in [0.5, 0.6) is 5.75 Å². The second kappa shape index (κ2) is 5.46. The van der Waals surface area contributed by atoms with Crippen LogP contribution in [0.4, 0.5) is 13.2 Å². The summed E-state index contributed by atoms with van der Waals surface area (Å²) in [5.41, 5.74) is 0.494. The van der Waals surface area contributed by atoms with E-state index in [2.05, 4.69) is 31.3 Å². The maximum Gasteiger partial charge on any atom is 0.573 e.